The zero-order chi connectivity index (χ0) is 20.1. The number of hydrogen-bond donors (Lipinski definition) is 1. The molecule has 0 spiro atoms. The van der Waals surface area contributed by atoms with Gasteiger partial charge in [-0.2, -0.15) is 0 Å². The second-order valence-corrected chi connectivity index (χ2v) is 6.83. The maximum absolute atomic E-state index is 11.4. The highest BCUT2D eigenvalue weighted by Crippen LogP contribution is 2.30. The highest BCUT2D eigenvalue weighted by atomic mass is 35.5. The Balaban J connectivity index is 1.54. The van der Waals surface area contributed by atoms with Crippen LogP contribution in [0, 0.1) is 10.1 Å². The number of benzene rings is 2. The number of piperazine rings is 1. The molecule has 8 nitrogen and oxygen atoms in total. The Morgan fingerprint density at radius 1 is 1.14 bits per heavy atom. The van der Waals surface area contributed by atoms with Crippen molar-refractivity contribution in [3.63, 3.8) is 0 Å². The second-order valence-electron chi connectivity index (χ2n) is 6.40. The van der Waals surface area contributed by atoms with E-state index in [1.165, 1.54) is 12.1 Å². The minimum atomic E-state index is -1.18. The van der Waals surface area contributed by atoms with Crippen LogP contribution in [0.1, 0.15) is 10.4 Å². The first-order valence-electron chi connectivity index (χ1n) is 8.81. The van der Waals surface area contributed by atoms with Crippen LogP contribution in [0.2, 0.25) is 5.02 Å². The number of nitro benzene ring substituents is 1. The van der Waals surface area contributed by atoms with Crippen molar-refractivity contribution in [3.05, 3.63) is 63.2 Å². The van der Waals surface area contributed by atoms with Crippen molar-refractivity contribution in [1.82, 2.24) is 4.90 Å². The predicted molar refractivity (Wildman–Crippen MR) is 106 cm³/mol. The molecule has 2 aromatic carbocycles. The Kier molecular flexibility index (Phi) is 6.33. The molecule has 0 atom stereocenters. The van der Waals surface area contributed by atoms with Gasteiger partial charge in [-0.15, -0.1) is 0 Å². The van der Waals surface area contributed by atoms with Crippen LogP contribution in [-0.2, 0) is 0 Å². The summed E-state index contributed by atoms with van der Waals surface area (Å²) < 4.78 is 5.70. The van der Waals surface area contributed by atoms with E-state index in [0.29, 0.717) is 30.4 Å². The monoisotopic (exact) mass is 405 g/mol. The molecule has 0 radical (unpaired) electrons. The summed E-state index contributed by atoms with van der Waals surface area (Å²) in [6.45, 7) is 4.00. The third-order valence-corrected chi connectivity index (χ3v) is 4.87. The molecular formula is C19H20ClN3O5. The van der Waals surface area contributed by atoms with Crippen molar-refractivity contribution >= 4 is 28.9 Å². The lowest BCUT2D eigenvalue weighted by Gasteiger charge is -2.35. The number of carboxylic acid groups (broad SMARTS) is 1. The summed E-state index contributed by atoms with van der Waals surface area (Å²) in [5.41, 5.74) is 0.180. The number of nitro groups is 1. The molecule has 1 fully saturated rings. The van der Waals surface area contributed by atoms with Gasteiger partial charge in [0.25, 0.3) is 5.69 Å². The number of nitrogens with zero attached hydrogens (tertiary/aromatic N) is 3. The summed E-state index contributed by atoms with van der Waals surface area (Å²) in [4.78, 5) is 26.0. The fourth-order valence-corrected chi connectivity index (χ4v) is 3.23. The van der Waals surface area contributed by atoms with E-state index in [1.807, 2.05) is 17.0 Å². The minimum absolute atomic E-state index is 0.0894. The summed E-state index contributed by atoms with van der Waals surface area (Å²) in [5, 5.41) is 21.1. The van der Waals surface area contributed by atoms with Crippen molar-refractivity contribution in [1.29, 1.82) is 0 Å². The quantitative estimate of drug-likeness (QED) is 0.558. The van der Waals surface area contributed by atoms with E-state index in [2.05, 4.69) is 4.90 Å². The predicted octanol–water partition coefficient (Wildman–Crippen LogP) is 3.15. The van der Waals surface area contributed by atoms with Gasteiger partial charge in [-0.05, 0) is 36.4 Å². The van der Waals surface area contributed by atoms with Crippen LogP contribution < -0.4 is 9.64 Å². The third kappa shape index (κ3) is 4.90. The molecular weight excluding hydrogens is 386 g/mol. The average molecular weight is 406 g/mol. The molecule has 0 aliphatic carbocycles. The van der Waals surface area contributed by atoms with Crippen LogP contribution in [0.15, 0.2) is 42.5 Å². The Morgan fingerprint density at radius 2 is 1.82 bits per heavy atom. The minimum Gasteiger partial charge on any atom is -0.492 e. The van der Waals surface area contributed by atoms with Gasteiger partial charge in [0.2, 0.25) is 0 Å². The Hall–Kier alpha value is -2.84. The normalized spacial score (nSPS) is 14.7. The van der Waals surface area contributed by atoms with Crippen LogP contribution in [0.5, 0.6) is 5.75 Å². The van der Waals surface area contributed by atoms with E-state index in [0.717, 1.165) is 31.5 Å². The number of anilines is 1. The van der Waals surface area contributed by atoms with Crippen LogP contribution in [0.25, 0.3) is 0 Å². The third-order valence-electron chi connectivity index (χ3n) is 4.62. The van der Waals surface area contributed by atoms with Gasteiger partial charge in [-0.25, -0.2) is 4.79 Å². The molecule has 1 aliphatic rings. The lowest BCUT2D eigenvalue weighted by molar-refractivity contribution is -0.384. The summed E-state index contributed by atoms with van der Waals surface area (Å²) in [6.07, 6.45) is 0. The summed E-state index contributed by atoms with van der Waals surface area (Å²) in [7, 11) is 0. The molecule has 0 saturated carbocycles. The Morgan fingerprint density at radius 3 is 2.43 bits per heavy atom. The number of ether oxygens (including phenoxy) is 1. The molecule has 0 unspecified atom stereocenters. The van der Waals surface area contributed by atoms with Crippen molar-refractivity contribution < 1.29 is 19.6 Å². The van der Waals surface area contributed by atoms with E-state index >= 15 is 0 Å². The number of carboxylic acids is 1. The van der Waals surface area contributed by atoms with Gasteiger partial charge in [0.15, 0.2) is 0 Å². The topological polar surface area (TPSA) is 96.2 Å². The first kappa shape index (κ1) is 19.9. The van der Waals surface area contributed by atoms with Gasteiger partial charge < -0.3 is 14.7 Å². The van der Waals surface area contributed by atoms with Crippen LogP contribution in [0.3, 0.4) is 0 Å². The standard InChI is InChI=1S/C19H20ClN3O5/c20-15-2-4-16(5-3-15)28-12-11-21-7-9-22(10-8-21)17-6-1-14(19(24)25)13-18(17)23(26)27/h1-6,13H,7-12H2,(H,24,25). The molecule has 1 N–H and O–H groups in total. The maximum Gasteiger partial charge on any atom is 0.335 e. The summed E-state index contributed by atoms with van der Waals surface area (Å²) in [5.74, 6) is -0.419. The average Bonchev–Trinajstić information content (AvgIpc) is 2.69. The maximum atomic E-state index is 11.4. The van der Waals surface area contributed by atoms with Gasteiger partial charge in [0.1, 0.15) is 18.0 Å². The molecule has 148 valence electrons. The molecule has 3 rings (SSSR count). The number of hydrogen-bond acceptors (Lipinski definition) is 6. The van der Waals surface area contributed by atoms with Crippen LogP contribution in [-0.4, -0.2) is 60.2 Å². The van der Waals surface area contributed by atoms with E-state index < -0.39 is 10.9 Å². The van der Waals surface area contributed by atoms with Gasteiger partial charge in [-0.3, -0.25) is 15.0 Å². The molecule has 0 bridgehead atoms. The smallest absolute Gasteiger partial charge is 0.335 e. The molecule has 0 amide bonds. The lowest BCUT2D eigenvalue weighted by atomic mass is 10.1. The van der Waals surface area contributed by atoms with E-state index in [1.54, 1.807) is 12.1 Å². The van der Waals surface area contributed by atoms with Crippen molar-refractivity contribution in [3.8, 4) is 5.75 Å². The lowest BCUT2D eigenvalue weighted by Crippen LogP contribution is -2.47. The van der Waals surface area contributed by atoms with Crippen molar-refractivity contribution in [2.45, 2.75) is 0 Å². The SMILES string of the molecule is O=C(O)c1ccc(N2CCN(CCOc3ccc(Cl)cc3)CC2)c([N+](=O)[O-])c1. The highest BCUT2D eigenvalue weighted by Gasteiger charge is 2.25. The fraction of sp³-hybridized carbons (Fsp3) is 0.316. The fourth-order valence-electron chi connectivity index (χ4n) is 3.11. The Labute approximate surface area is 167 Å². The van der Waals surface area contributed by atoms with Crippen molar-refractivity contribution in [2.75, 3.05) is 44.2 Å². The van der Waals surface area contributed by atoms with Gasteiger partial charge in [0.05, 0.1) is 10.5 Å². The van der Waals surface area contributed by atoms with E-state index in [-0.39, 0.29) is 11.3 Å². The summed E-state index contributed by atoms with van der Waals surface area (Å²) in [6, 6.07) is 11.2. The van der Waals surface area contributed by atoms with Gasteiger partial charge >= 0.3 is 5.97 Å². The molecule has 2 aromatic rings. The molecule has 0 aromatic heterocycles. The second kappa shape index (κ2) is 8.90. The largest absolute Gasteiger partial charge is 0.492 e. The number of rotatable bonds is 7. The van der Waals surface area contributed by atoms with Gasteiger partial charge in [-0.1, -0.05) is 11.6 Å². The molecule has 1 heterocycles. The van der Waals surface area contributed by atoms with E-state index in [4.69, 9.17) is 21.4 Å². The number of aromatic carboxylic acids is 1. The van der Waals surface area contributed by atoms with Gasteiger partial charge in [0, 0.05) is 43.8 Å². The van der Waals surface area contributed by atoms with Crippen LogP contribution in [0.4, 0.5) is 11.4 Å². The zero-order valence-corrected chi connectivity index (χ0v) is 15.8. The van der Waals surface area contributed by atoms with Crippen LogP contribution >= 0.6 is 11.6 Å². The van der Waals surface area contributed by atoms with E-state index in [9.17, 15) is 14.9 Å². The molecule has 1 aliphatic heterocycles. The van der Waals surface area contributed by atoms with Crippen molar-refractivity contribution in [2.24, 2.45) is 0 Å². The number of halogens is 1. The Bertz CT molecular complexity index is 851. The molecule has 9 heteroatoms. The molecule has 1 saturated heterocycles. The number of carbonyl (C=O) groups is 1. The molecule has 28 heavy (non-hydrogen) atoms. The highest BCUT2D eigenvalue weighted by molar-refractivity contribution is 6.30. The first-order valence-corrected chi connectivity index (χ1v) is 9.19. The summed E-state index contributed by atoms with van der Waals surface area (Å²) >= 11 is 5.85. The first-order chi connectivity index (χ1) is 13.4. The zero-order valence-electron chi connectivity index (χ0n) is 15.1.